The fourth-order valence-electron chi connectivity index (χ4n) is 2.27. The van der Waals surface area contributed by atoms with E-state index in [9.17, 15) is 10.1 Å². The number of nitrogens with one attached hydrogen (secondary N) is 1. The van der Waals surface area contributed by atoms with Crippen molar-refractivity contribution in [3.8, 4) is 29.4 Å². The van der Waals surface area contributed by atoms with Gasteiger partial charge in [0.05, 0.1) is 38.2 Å². The molecule has 28 heavy (non-hydrogen) atoms. The zero-order valence-corrected chi connectivity index (χ0v) is 16.2. The Morgan fingerprint density at radius 1 is 1.11 bits per heavy atom. The summed E-state index contributed by atoms with van der Waals surface area (Å²) in [6, 6.07) is 8.36. The predicted molar refractivity (Wildman–Crippen MR) is 104 cm³/mol. The van der Waals surface area contributed by atoms with E-state index < -0.39 is 0 Å². The van der Waals surface area contributed by atoms with Gasteiger partial charge in [-0.3, -0.25) is 4.79 Å². The van der Waals surface area contributed by atoms with Crippen LogP contribution < -0.4 is 25.3 Å². The number of anilines is 2. The number of pyridine rings is 1. The van der Waals surface area contributed by atoms with Crippen LogP contribution in [0.15, 0.2) is 23.2 Å². The lowest BCUT2D eigenvalue weighted by Crippen LogP contribution is -2.14. The average molecular weight is 399 g/mol. The van der Waals surface area contributed by atoms with Gasteiger partial charge in [0.1, 0.15) is 23.0 Å². The summed E-state index contributed by atoms with van der Waals surface area (Å²) in [5.74, 6) is 0.857. The largest absolute Gasteiger partial charge is 0.493 e. The Labute approximate surface area is 166 Å². The molecule has 10 heteroatoms. The van der Waals surface area contributed by atoms with Crippen molar-refractivity contribution in [2.75, 3.05) is 38.1 Å². The summed E-state index contributed by atoms with van der Waals surface area (Å²) in [5.41, 5.74) is 6.42. The number of hydrogen-bond donors (Lipinski definition) is 2. The van der Waals surface area contributed by atoms with E-state index in [1.807, 2.05) is 12.1 Å². The SMILES string of the molecule is COc1cc(NC(=O)CSc2nc(N)c(C#N)cc2C#N)cc(OC)c1OC. The van der Waals surface area contributed by atoms with Crippen molar-refractivity contribution >= 4 is 29.2 Å². The molecule has 1 aromatic carbocycles. The molecule has 0 unspecified atom stereocenters. The number of methoxy groups -OCH3 is 3. The summed E-state index contributed by atoms with van der Waals surface area (Å²) < 4.78 is 15.7. The number of carbonyl (C=O) groups excluding carboxylic acids is 1. The number of nitrogens with zero attached hydrogens (tertiary/aromatic N) is 3. The molecule has 0 fully saturated rings. The molecule has 0 bridgehead atoms. The monoisotopic (exact) mass is 399 g/mol. The van der Waals surface area contributed by atoms with Gasteiger partial charge in [-0.1, -0.05) is 11.8 Å². The van der Waals surface area contributed by atoms with Crippen molar-refractivity contribution in [2.45, 2.75) is 5.03 Å². The molecule has 2 rings (SSSR count). The molecule has 0 aliphatic rings. The Morgan fingerprint density at radius 2 is 1.71 bits per heavy atom. The highest BCUT2D eigenvalue weighted by atomic mass is 32.2. The van der Waals surface area contributed by atoms with Gasteiger partial charge in [-0.2, -0.15) is 10.5 Å². The number of nitriles is 2. The molecule has 0 saturated carbocycles. The first-order valence-electron chi connectivity index (χ1n) is 7.80. The van der Waals surface area contributed by atoms with Crippen LogP contribution in [0.2, 0.25) is 0 Å². The number of benzene rings is 1. The minimum Gasteiger partial charge on any atom is -0.493 e. The van der Waals surface area contributed by atoms with E-state index in [4.69, 9.17) is 25.2 Å². The number of thioether (sulfide) groups is 1. The molecule has 144 valence electrons. The topological polar surface area (TPSA) is 143 Å². The maximum atomic E-state index is 12.3. The quantitative estimate of drug-likeness (QED) is 0.669. The third kappa shape index (κ3) is 4.55. The molecule has 0 saturated heterocycles. The van der Waals surface area contributed by atoms with Gasteiger partial charge in [0.15, 0.2) is 11.5 Å². The van der Waals surface area contributed by atoms with Crippen LogP contribution in [0.5, 0.6) is 17.2 Å². The normalized spacial score (nSPS) is 9.75. The van der Waals surface area contributed by atoms with Crippen LogP contribution in [-0.2, 0) is 4.79 Å². The van der Waals surface area contributed by atoms with Crippen molar-refractivity contribution in [2.24, 2.45) is 0 Å². The summed E-state index contributed by atoms with van der Waals surface area (Å²) in [6.45, 7) is 0. The molecule has 1 heterocycles. The van der Waals surface area contributed by atoms with Crippen molar-refractivity contribution in [3.05, 3.63) is 29.3 Å². The molecular formula is C18H17N5O4S. The molecule has 0 aliphatic heterocycles. The van der Waals surface area contributed by atoms with Gasteiger partial charge in [0.25, 0.3) is 0 Å². The summed E-state index contributed by atoms with van der Waals surface area (Å²) in [6.07, 6.45) is 0. The highest BCUT2D eigenvalue weighted by Crippen LogP contribution is 2.40. The molecule has 1 amide bonds. The van der Waals surface area contributed by atoms with E-state index in [0.29, 0.717) is 22.9 Å². The Hall–Kier alpha value is -3.63. The van der Waals surface area contributed by atoms with Gasteiger partial charge in [-0.25, -0.2) is 4.98 Å². The minimum absolute atomic E-state index is 0.00837. The van der Waals surface area contributed by atoms with Gasteiger partial charge < -0.3 is 25.3 Å². The van der Waals surface area contributed by atoms with Crippen LogP contribution in [0.25, 0.3) is 0 Å². The first-order chi connectivity index (χ1) is 13.5. The number of ether oxygens (including phenoxy) is 3. The lowest BCUT2D eigenvalue weighted by molar-refractivity contribution is -0.113. The zero-order chi connectivity index (χ0) is 20.7. The van der Waals surface area contributed by atoms with Crippen LogP contribution in [-0.4, -0.2) is 38.0 Å². The fourth-order valence-corrected chi connectivity index (χ4v) is 3.04. The van der Waals surface area contributed by atoms with Gasteiger partial charge in [0.2, 0.25) is 11.7 Å². The van der Waals surface area contributed by atoms with Crippen molar-refractivity contribution in [1.29, 1.82) is 10.5 Å². The van der Waals surface area contributed by atoms with Crippen molar-refractivity contribution in [3.63, 3.8) is 0 Å². The van der Waals surface area contributed by atoms with Crippen LogP contribution in [0.4, 0.5) is 11.5 Å². The number of hydrogen-bond acceptors (Lipinski definition) is 9. The summed E-state index contributed by atoms with van der Waals surface area (Å²) >= 11 is 1.04. The van der Waals surface area contributed by atoms with Gasteiger partial charge in [-0.15, -0.1) is 0 Å². The Kier molecular flexibility index (Phi) is 6.90. The van der Waals surface area contributed by atoms with Gasteiger partial charge >= 0.3 is 0 Å². The maximum Gasteiger partial charge on any atom is 0.234 e. The molecule has 3 N–H and O–H groups in total. The Morgan fingerprint density at radius 3 is 2.21 bits per heavy atom. The van der Waals surface area contributed by atoms with Crippen LogP contribution >= 0.6 is 11.8 Å². The highest BCUT2D eigenvalue weighted by molar-refractivity contribution is 8.00. The maximum absolute atomic E-state index is 12.3. The van der Waals surface area contributed by atoms with E-state index in [2.05, 4.69) is 10.3 Å². The average Bonchev–Trinajstić information content (AvgIpc) is 2.71. The van der Waals surface area contributed by atoms with Crippen LogP contribution in [0, 0.1) is 22.7 Å². The molecule has 0 atom stereocenters. The van der Waals surface area contributed by atoms with E-state index in [1.54, 1.807) is 12.1 Å². The smallest absolute Gasteiger partial charge is 0.234 e. The number of nitrogen functional groups attached to an aromatic ring is 1. The van der Waals surface area contributed by atoms with E-state index in [1.165, 1.54) is 27.4 Å². The lowest BCUT2D eigenvalue weighted by Gasteiger charge is -2.14. The molecular weight excluding hydrogens is 382 g/mol. The number of rotatable bonds is 7. The molecule has 1 aromatic heterocycles. The van der Waals surface area contributed by atoms with Gasteiger partial charge in [-0.05, 0) is 6.07 Å². The van der Waals surface area contributed by atoms with Crippen LogP contribution in [0.1, 0.15) is 11.1 Å². The number of carbonyl (C=O) groups is 1. The van der Waals surface area contributed by atoms with Crippen molar-refractivity contribution < 1.29 is 19.0 Å². The minimum atomic E-state index is -0.340. The zero-order valence-electron chi connectivity index (χ0n) is 15.4. The Balaban J connectivity index is 2.15. The summed E-state index contributed by atoms with van der Waals surface area (Å²) in [4.78, 5) is 16.3. The number of nitrogens with two attached hydrogens (primary N) is 1. The number of amides is 1. The fraction of sp³-hybridized carbons (Fsp3) is 0.222. The summed E-state index contributed by atoms with van der Waals surface area (Å²) in [7, 11) is 4.44. The first kappa shape index (κ1) is 20.7. The molecule has 0 radical (unpaired) electrons. The third-order valence-corrected chi connectivity index (χ3v) is 4.54. The molecule has 2 aromatic rings. The van der Waals surface area contributed by atoms with E-state index in [0.717, 1.165) is 11.8 Å². The summed E-state index contributed by atoms with van der Waals surface area (Å²) in [5, 5.41) is 21.2. The van der Waals surface area contributed by atoms with E-state index >= 15 is 0 Å². The Bertz CT molecular complexity index is 956. The second kappa shape index (κ2) is 9.35. The first-order valence-corrected chi connectivity index (χ1v) is 8.79. The van der Waals surface area contributed by atoms with E-state index in [-0.39, 0.29) is 33.6 Å². The second-order valence-corrected chi connectivity index (χ2v) is 6.21. The molecule has 0 spiro atoms. The van der Waals surface area contributed by atoms with Gasteiger partial charge in [0, 0.05) is 17.8 Å². The standard InChI is InChI=1S/C18H17N5O4S/c1-25-13-5-12(6-14(26-2)16(13)27-3)22-15(24)9-28-18-11(8-20)4-10(7-19)17(21)23-18/h4-6H,9H2,1-3H3,(H2,21,23)(H,22,24). The third-order valence-electron chi connectivity index (χ3n) is 3.55. The van der Waals surface area contributed by atoms with Crippen LogP contribution in [0.3, 0.4) is 0 Å². The lowest BCUT2D eigenvalue weighted by atomic mass is 10.2. The molecule has 9 nitrogen and oxygen atoms in total. The second-order valence-electron chi connectivity index (χ2n) is 5.25. The number of aromatic nitrogens is 1. The predicted octanol–water partition coefficient (Wildman–Crippen LogP) is 2.16. The molecule has 0 aliphatic carbocycles. The van der Waals surface area contributed by atoms with Crippen molar-refractivity contribution in [1.82, 2.24) is 4.98 Å². The highest BCUT2D eigenvalue weighted by Gasteiger charge is 2.16.